The van der Waals surface area contributed by atoms with Crippen LogP contribution < -0.4 is 0 Å². The summed E-state index contributed by atoms with van der Waals surface area (Å²) in [4.78, 5) is 11.3. The third kappa shape index (κ3) is 3.07. The number of halogens is 1. The first-order valence-corrected chi connectivity index (χ1v) is 6.46. The molecule has 0 amide bonds. The van der Waals surface area contributed by atoms with Gasteiger partial charge in [0.15, 0.2) is 0 Å². The van der Waals surface area contributed by atoms with Gasteiger partial charge in [-0.3, -0.25) is 4.79 Å². The summed E-state index contributed by atoms with van der Waals surface area (Å²) in [5.41, 5.74) is 3.44. The van der Waals surface area contributed by atoms with Gasteiger partial charge in [-0.25, -0.2) is 0 Å². The maximum Gasteiger partial charge on any atom is 0.310 e. The van der Waals surface area contributed by atoms with Crippen LogP contribution >= 0.6 is 15.9 Å². The number of nitrogens with zero attached hydrogens (tertiary/aromatic N) is 1. The summed E-state index contributed by atoms with van der Waals surface area (Å²) in [6.45, 7) is 2.00. The van der Waals surface area contributed by atoms with Gasteiger partial charge in [-0.1, -0.05) is 35.0 Å². The van der Waals surface area contributed by atoms with E-state index in [0.717, 1.165) is 23.1 Å². The fourth-order valence-corrected chi connectivity index (χ4v) is 2.31. The minimum absolute atomic E-state index is 0.148. The monoisotopic (exact) mass is 295 g/mol. The maximum atomic E-state index is 11.3. The SMILES string of the molecule is CCc1c(CBr)ccc(CC(=O)OC)c1C#N. The van der Waals surface area contributed by atoms with E-state index in [1.54, 1.807) is 0 Å². The minimum atomic E-state index is -0.324. The third-order valence-electron chi connectivity index (χ3n) is 2.67. The lowest BCUT2D eigenvalue weighted by Crippen LogP contribution is -2.08. The highest BCUT2D eigenvalue weighted by Crippen LogP contribution is 2.22. The molecule has 0 atom stereocenters. The van der Waals surface area contributed by atoms with Crippen molar-refractivity contribution in [3.8, 4) is 6.07 Å². The fraction of sp³-hybridized carbons (Fsp3) is 0.385. The number of carbonyl (C=O) groups excluding carboxylic acids is 1. The van der Waals surface area contributed by atoms with Crippen LogP contribution in [-0.2, 0) is 27.7 Å². The molecule has 1 aromatic rings. The van der Waals surface area contributed by atoms with Crippen molar-refractivity contribution in [1.29, 1.82) is 5.26 Å². The molecule has 0 aromatic heterocycles. The number of benzene rings is 1. The van der Waals surface area contributed by atoms with Crippen LogP contribution in [0.25, 0.3) is 0 Å². The molecule has 1 rings (SSSR count). The summed E-state index contributed by atoms with van der Waals surface area (Å²) in [6.07, 6.45) is 0.924. The van der Waals surface area contributed by atoms with Crippen LogP contribution in [0.5, 0.6) is 0 Å². The molecular formula is C13H14BrNO2. The smallest absolute Gasteiger partial charge is 0.310 e. The number of esters is 1. The van der Waals surface area contributed by atoms with Crippen molar-refractivity contribution >= 4 is 21.9 Å². The molecule has 0 aliphatic carbocycles. The van der Waals surface area contributed by atoms with E-state index in [2.05, 4.69) is 26.7 Å². The Labute approximate surface area is 110 Å². The van der Waals surface area contributed by atoms with Crippen LogP contribution in [0.2, 0.25) is 0 Å². The van der Waals surface area contributed by atoms with Gasteiger partial charge < -0.3 is 4.74 Å². The van der Waals surface area contributed by atoms with Crippen LogP contribution in [0.15, 0.2) is 12.1 Å². The highest BCUT2D eigenvalue weighted by molar-refractivity contribution is 9.08. The second-order valence-electron chi connectivity index (χ2n) is 3.59. The van der Waals surface area contributed by atoms with E-state index in [1.807, 2.05) is 19.1 Å². The van der Waals surface area contributed by atoms with Gasteiger partial charge >= 0.3 is 5.97 Å². The quantitative estimate of drug-likeness (QED) is 0.634. The zero-order valence-corrected chi connectivity index (χ0v) is 11.5. The van der Waals surface area contributed by atoms with Crippen molar-refractivity contribution in [2.45, 2.75) is 25.1 Å². The summed E-state index contributed by atoms with van der Waals surface area (Å²) >= 11 is 3.40. The van der Waals surface area contributed by atoms with Crippen molar-refractivity contribution in [3.63, 3.8) is 0 Å². The first-order valence-electron chi connectivity index (χ1n) is 5.34. The van der Waals surface area contributed by atoms with Gasteiger partial charge in [0.05, 0.1) is 25.2 Å². The molecule has 90 valence electrons. The molecule has 0 aliphatic rings. The largest absolute Gasteiger partial charge is 0.469 e. The van der Waals surface area contributed by atoms with Gasteiger partial charge in [0.1, 0.15) is 0 Å². The summed E-state index contributed by atoms with van der Waals surface area (Å²) in [5.74, 6) is -0.324. The summed E-state index contributed by atoms with van der Waals surface area (Å²) < 4.78 is 4.63. The van der Waals surface area contributed by atoms with Gasteiger partial charge in [0.25, 0.3) is 0 Å². The highest BCUT2D eigenvalue weighted by Gasteiger charge is 2.14. The van der Waals surface area contributed by atoms with Crippen molar-refractivity contribution in [2.75, 3.05) is 7.11 Å². The van der Waals surface area contributed by atoms with E-state index in [1.165, 1.54) is 7.11 Å². The van der Waals surface area contributed by atoms with Gasteiger partial charge in [0.2, 0.25) is 0 Å². The fourth-order valence-electron chi connectivity index (χ4n) is 1.78. The van der Waals surface area contributed by atoms with Crippen LogP contribution in [-0.4, -0.2) is 13.1 Å². The van der Waals surface area contributed by atoms with Crippen molar-refractivity contribution < 1.29 is 9.53 Å². The maximum absolute atomic E-state index is 11.3. The standard InChI is InChI=1S/C13H14BrNO2/c1-3-11-10(7-14)5-4-9(12(11)8-15)6-13(16)17-2/h4-5H,3,6-7H2,1-2H3. The number of ether oxygens (including phenoxy) is 1. The van der Waals surface area contributed by atoms with E-state index >= 15 is 0 Å². The average Bonchev–Trinajstić information content (AvgIpc) is 2.37. The third-order valence-corrected chi connectivity index (χ3v) is 3.27. The van der Waals surface area contributed by atoms with Crippen molar-refractivity contribution in [2.24, 2.45) is 0 Å². The summed E-state index contributed by atoms with van der Waals surface area (Å²) in [6, 6.07) is 5.97. The first-order chi connectivity index (χ1) is 8.17. The molecule has 0 spiro atoms. The molecule has 0 aliphatic heterocycles. The lowest BCUT2D eigenvalue weighted by atomic mass is 9.94. The molecule has 3 nitrogen and oxygen atoms in total. The Kier molecular flexibility index (Phi) is 5.17. The molecule has 0 radical (unpaired) electrons. The Morgan fingerprint density at radius 1 is 1.47 bits per heavy atom. The Bertz CT molecular complexity index is 463. The zero-order chi connectivity index (χ0) is 12.8. The number of carbonyl (C=O) groups is 1. The second-order valence-corrected chi connectivity index (χ2v) is 4.15. The molecule has 4 heteroatoms. The van der Waals surface area contributed by atoms with Crippen LogP contribution in [0.1, 0.15) is 29.2 Å². The van der Waals surface area contributed by atoms with Crippen LogP contribution in [0.4, 0.5) is 0 Å². The van der Waals surface area contributed by atoms with Crippen molar-refractivity contribution in [3.05, 3.63) is 34.4 Å². The van der Waals surface area contributed by atoms with Gasteiger partial charge in [0, 0.05) is 5.33 Å². The van der Waals surface area contributed by atoms with Gasteiger partial charge in [-0.15, -0.1) is 0 Å². The number of rotatable bonds is 4. The molecular weight excluding hydrogens is 282 g/mol. The highest BCUT2D eigenvalue weighted by atomic mass is 79.9. The van der Waals surface area contributed by atoms with E-state index < -0.39 is 0 Å². The molecule has 17 heavy (non-hydrogen) atoms. The Morgan fingerprint density at radius 3 is 2.59 bits per heavy atom. The molecule has 0 N–H and O–H groups in total. The Hall–Kier alpha value is -1.34. The first kappa shape index (κ1) is 13.7. The van der Waals surface area contributed by atoms with E-state index in [9.17, 15) is 10.1 Å². The van der Waals surface area contributed by atoms with E-state index in [4.69, 9.17) is 0 Å². The van der Waals surface area contributed by atoms with E-state index in [0.29, 0.717) is 10.9 Å². The van der Waals surface area contributed by atoms with Crippen LogP contribution in [0, 0.1) is 11.3 Å². The molecule has 0 fully saturated rings. The summed E-state index contributed by atoms with van der Waals surface area (Å²) in [7, 11) is 1.35. The van der Waals surface area contributed by atoms with Gasteiger partial charge in [-0.05, 0) is 23.1 Å². The second kappa shape index (κ2) is 6.41. The van der Waals surface area contributed by atoms with Crippen molar-refractivity contribution in [1.82, 2.24) is 0 Å². The Morgan fingerprint density at radius 2 is 2.12 bits per heavy atom. The Balaban J connectivity index is 3.24. The van der Waals surface area contributed by atoms with Crippen LogP contribution in [0.3, 0.4) is 0 Å². The average molecular weight is 296 g/mol. The number of hydrogen-bond donors (Lipinski definition) is 0. The zero-order valence-electron chi connectivity index (χ0n) is 9.92. The number of alkyl halides is 1. The lowest BCUT2D eigenvalue weighted by Gasteiger charge is -2.11. The topological polar surface area (TPSA) is 50.1 Å². The number of nitriles is 1. The molecule has 0 saturated heterocycles. The predicted molar refractivity (Wildman–Crippen MR) is 68.9 cm³/mol. The molecule has 1 aromatic carbocycles. The molecule has 0 heterocycles. The molecule has 0 bridgehead atoms. The van der Waals surface area contributed by atoms with E-state index in [-0.39, 0.29) is 12.4 Å². The summed E-state index contributed by atoms with van der Waals surface area (Å²) in [5, 5.41) is 9.93. The molecule has 0 saturated carbocycles. The number of methoxy groups -OCH3 is 1. The molecule has 0 unspecified atom stereocenters. The minimum Gasteiger partial charge on any atom is -0.469 e. The normalized spacial score (nSPS) is 9.76. The lowest BCUT2D eigenvalue weighted by molar-refractivity contribution is -0.139. The predicted octanol–water partition coefficient (Wildman–Crippen LogP) is 2.73. The van der Waals surface area contributed by atoms with Gasteiger partial charge in [-0.2, -0.15) is 5.26 Å². The number of hydrogen-bond acceptors (Lipinski definition) is 3.